The van der Waals surface area contributed by atoms with E-state index < -0.39 is 34.3 Å². The van der Waals surface area contributed by atoms with Gasteiger partial charge in [-0.15, -0.1) is 0 Å². The molecule has 0 radical (unpaired) electrons. The average Bonchev–Trinajstić information content (AvgIpc) is 2.86. The zero-order chi connectivity index (χ0) is 25.7. The van der Waals surface area contributed by atoms with Crippen molar-refractivity contribution in [3.05, 3.63) is 78.1 Å². The van der Waals surface area contributed by atoms with E-state index in [-0.39, 0.29) is 29.5 Å². The van der Waals surface area contributed by atoms with E-state index in [0.29, 0.717) is 18.1 Å². The molecule has 0 fully saturated rings. The molecule has 1 heterocycles. The van der Waals surface area contributed by atoms with Gasteiger partial charge in [-0.2, -0.15) is 0 Å². The van der Waals surface area contributed by atoms with E-state index in [2.05, 4.69) is 5.32 Å². The van der Waals surface area contributed by atoms with Crippen molar-refractivity contribution in [1.29, 1.82) is 0 Å². The van der Waals surface area contributed by atoms with Gasteiger partial charge in [-0.05, 0) is 56.3 Å². The Morgan fingerprint density at radius 1 is 1.06 bits per heavy atom. The maximum absolute atomic E-state index is 14.0. The number of sulfonamides is 1. The quantitative estimate of drug-likeness (QED) is 0.468. The van der Waals surface area contributed by atoms with Gasteiger partial charge in [0.2, 0.25) is 5.91 Å². The van der Waals surface area contributed by atoms with Crippen LogP contribution in [-0.2, 0) is 14.8 Å². The molecular weight excluding hydrogens is 487 g/mol. The van der Waals surface area contributed by atoms with Crippen molar-refractivity contribution in [3.63, 3.8) is 0 Å². The summed E-state index contributed by atoms with van der Waals surface area (Å²) >= 11 is 0. The van der Waals surface area contributed by atoms with E-state index in [0.717, 1.165) is 15.9 Å². The van der Waals surface area contributed by atoms with Gasteiger partial charge in [0.15, 0.2) is 11.5 Å². The van der Waals surface area contributed by atoms with Crippen LogP contribution in [0.5, 0.6) is 17.2 Å². The molecule has 3 aromatic carbocycles. The van der Waals surface area contributed by atoms with Crippen LogP contribution in [0.4, 0.5) is 10.1 Å². The van der Waals surface area contributed by atoms with Gasteiger partial charge in [0.05, 0.1) is 16.6 Å². The molecule has 1 N–H and O–H groups in total. The highest BCUT2D eigenvalue weighted by Crippen LogP contribution is 2.34. The van der Waals surface area contributed by atoms with Gasteiger partial charge < -0.3 is 19.5 Å². The van der Waals surface area contributed by atoms with Crippen LogP contribution in [-0.4, -0.2) is 46.7 Å². The van der Waals surface area contributed by atoms with Crippen molar-refractivity contribution in [2.24, 2.45) is 0 Å². The summed E-state index contributed by atoms with van der Waals surface area (Å²) in [7, 11) is -4.26. The zero-order valence-corrected chi connectivity index (χ0v) is 20.8. The minimum atomic E-state index is -4.26. The summed E-state index contributed by atoms with van der Waals surface area (Å²) in [5, 5.41) is 2.74. The number of amides is 1. The molecular formula is C26H27FN2O6S. The second kappa shape index (κ2) is 10.9. The molecule has 0 spiro atoms. The van der Waals surface area contributed by atoms with Crippen molar-refractivity contribution < 1.29 is 31.8 Å². The lowest BCUT2D eigenvalue weighted by Gasteiger charge is -2.26. The van der Waals surface area contributed by atoms with Gasteiger partial charge in [0.1, 0.15) is 37.9 Å². The lowest BCUT2D eigenvalue weighted by Crippen LogP contribution is -2.45. The predicted octanol–water partition coefficient (Wildman–Crippen LogP) is 3.68. The molecule has 1 amide bonds. The number of fused-ring (bicyclic) bond motifs is 1. The largest absolute Gasteiger partial charge is 0.491 e. The maximum Gasteiger partial charge on any atom is 0.264 e. The fourth-order valence-corrected chi connectivity index (χ4v) is 5.03. The molecule has 0 bridgehead atoms. The van der Waals surface area contributed by atoms with Crippen LogP contribution in [0.15, 0.2) is 71.6 Å². The summed E-state index contributed by atoms with van der Waals surface area (Å²) in [4.78, 5) is 12.8. The van der Waals surface area contributed by atoms with Crippen molar-refractivity contribution in [2.45, 2.75) is 24.8 Å². The third-order valence-electron chi connectivity index (χ3n) is 5.41. The van der Waals surface area contributed by atoms with Gasteiger partial charge in [-0.25, -0.2) is 12.8 Å². The van der Waals surface area contributed by atoms with Crippen molar-refractivity contribution in [1.82, 2.24) is 5.32 Å². The van der Waals surface area contributed by atoms with E-state index in [1.807, 2.05) is 31.2 Å². The number of hydrogen-bond acceptors (Lipinski definition) is 6. The normalized spacial score (nSPS) is 13.5. The van der Waals surface area contributed by atoms with Crippen LogP contribution < -0.4 is 23.8 Å². The summed E-state index contributed by atoms with van der Waals surface area (Å²) in [5.74, 6) is 0.172. The molecule has 36 heavy (non-hydrogen) atoms. The molecule has 4 rings (SSSR count). The first kappa shape index (κ1) is 25.3. The fraction of sp³-hybridized carbons (Fsp3) is 0.269. The summed E-state index contributed by atoms with van der Waals surface area (Å²) in [6.07, 6.45) is 0. The molecule has 1 unspecified atom stereocenters. The number of carbonyl (C=O) groups is 1. The Morgan fingerprint density at radius 2 is 1.78 bits per heavy atom. The number of benzene rings is 3. The molecule has 0 aromatic heterocycles. The monoisotopic (exact) mass is 514 g/mol. The summed E-state index contributed by atoms with van der Waals surface area (Å²) < 4.78 is 58.7. The number of anilines is 1. The number of rotatable bonds is 9. The van der Waals surface area contributed by atoms with Crippen LogP contribution in [0.1, 0.15) is 12.5 Å². The Balaban J connectivity index is 1.51. The Kier molecular flexibility index (Phi) is 7.64. The standard InChI is InChI=1S/C26H27FN2O6S/c1-18-6-8-22(9-7-18)35-17-19(2)28-26(30)16-29(21-5-3-4-20(27)14-21)36(31,32)23-10-11-24-25(15-23)34-13-12-33-24/h3-11,14-15,19H,12-13,16-17H2,1-2H3,(H,28,30). The number of carbonyl (C=O) groups excluding carboxylic acids is 1. The van der Waals surface area contributed by atoms with Gasteiger partial charge in [-0.1, -0.05) is 23.8 Å². The molecule has 0 saturated heterocycles. The second-order valence-corrected chi connectivity index (χ2v) is 10.3. The molecule has 0 saturated carbocycles. The van der Waals surface area contributed by atoms with Gasteiger partial charge in [-0.3, -0.25) is 9.10 Å². The number of halogens is 1. The second-order valence-electron chi connectivity index (χ2n) is 8.39. The minimum Gasteiger partial charge on any atom is -0.491 e. The van der Waals surface area contributed by atoms with E-state index >= 15 is 0 Å². The molecule has 190 valence electrons. The zero-order valence-electron chi connectivity index (χ0n) is 19.9. The van der Waals surface area contributed by atoms with Crippen LogP contribution in [0.3, 0.4) is 0 Å². The first-order valence-corrected chi connectivity index (χ1v) is 12.8. The van der Waals surface area contributed by atoms with E-state index in [4.69, 9.17) is 14.2 Å². The number of nitrogens with zero attached hydrogens (tertiary/aromatic N) is 1. The number of aryl methyl sites for hydroxylation is 1. The molecule has 1 atom stereocenters. The first-order chi connectivity index (χ1) is 17.2. The van der Waals surface area contributed by atoms with E-state index in [9.17, 15) is 17.6 Å². The smallest absolute Gasteiger partial charge is 0.264 e. The molecule has 8 nitrogen and oxygen atoms in total. The maximum atomic E-state index is 14.0. The third-order valence-corrected chi connectivity index (χ3v) is 7.18. The van der Waals surface area contributed by atoms with E-state index in [1.165, 1.54) is 36.4 Å². The summed E-state index contributed by atoms with van der Waals surface area (Å²) in [5.41, 5.74) is 1.11. The Hall–Kier alpha value is -3.79. The highest BCUT2D eigenvalue weighted by molar-refractivity contribution is 7.92. The Labute approximate surface area is 209 Å². The summed E-state index contributed by atoms with van der Waals surface area (Å²) in [6, 6.07) is 16.3. The topological polar surface area (TPSA) is 94.2 Å². The van der Waals surface area contributed by atoms with Gasteiger partial charge >= 0.3 is 0 Å². The van der Waals surface area contributed by atoms with E-state index in [1.54, 1.807) is 6.92 Å². The van der Waals surface area contributed by atoms with Gasteiger partial charge in [0, 0.05) is 6.07 Å². The highest BCUT2D eigenvalue weighted by Gasteiger charge is 2.29. The Morgan fingerprint density at radius 3 is 2.50 bits per heavy atom. The van der Waals surface area contributed by atoms with Gasteiger partial charge in [0.25, 0.3) is 10.0 Å². The van der Waals surface area contributed by atoms with Crippen molar-refractivity contribution >= 4 is 21.6 Å². The first-order valence-electron chi connectivity index (χ1n) is 11.4. The number of nitrogens with one attached hydrogen (secondary N) is 1. The highest BCUT2D eigenvalue weighted by atomic mass is 32.2. The average molecular weight is 515 g/mol. The molecule has 1 aliphatic heterocycles. The molecule has 1 aliphatic rings. The lowest BCUT2D eigenvalue weighted by molar-refractivity contribution is -0.120. The number of ether oxygens (including phenoxy) is 3. The molecule has 0 aliphatic carbocycles. The van der Waals surface area contributed by atoms with Crippen molar-refractivity contribution in [2.75, 3.05) is 30.7 Å². The van der Waals surface area contributed by atoms with Crippen LogP contribution >= 0.6 is 0 Å². The van der Waals surface area contributed by atoms with Crippen LogP contribution in [0.2, 0.25) is 0 Å². The van der Waals surface area contributed by atoms with Crippen LogP contribution in [0.25, 0.3) is 0 Å². The minimum absolute atomic E-state index is 0.0172. The van der Waals surface area contributed by atoms with Crippen LogP contribution in [0, 0.1) is 12.7 Å². The SMILES string of the molecule is Cc1ccc(OCC(C)NC(=O)CN(c2cccc(F)c2)S(=O)(=O)c2ccc3c(c2)OCCO3)cc1. The summed E-state index contributed by atoms with van der Waals surface area (Å²) in [6.45, 7) is 3.98. The predicted molar refractivity (Wildman–Crippen MR) is 133 cm³/mol. The fourth-order valence-electron chi connectivity index (χ4n) is 3.61. The number of hydrogen-bond donors (Lipinski definition) is 1. The molecule has 10 heteroatoms. The Bertz CT molecular complexity index is 1330. The molecule has 3 aromatic rings. The lowest BCUT2D eigenvalue weighted by atomic mass is 10.2. The third kappa shape index (κ3) is 6.06. The van der Waals surface area contributed by atoms with Crippen molar-refractivity contribution in [3.8, 4) is 17.2 Å².